The maximum atomic E-state index is 4.37. The zero-order valence-electron chi connectivity index (χ0n) is 8.05. The number of nitrogens with one attached hydrogen (secondary N) is 1. The number of anilines is 1. The molecule has 66 valence electrons. The Morgan fingerprint density at radius 3 is 2.58 bits per heavy atom. The molecule has 0 bridgehead atoms. The lowest BCUT2D eigenvalue weighted by Gasteiger charge is -2.07. The van der Waals surface area contributed by atoms with Gasteiger partial charge in [0.2, 0.25) is 0 Å². The summed E-state index contributed by atoms with van der Waals surface area (Å²) in [6, 6.07) is 0. The minimum absolute atomic E-state index is 0.387. The highest BCUT2D eigenvalue weighted by Gasteiger charge is 2.04. The highest BCUT2D eigenvalue weighted by atomic mass is 15.0. The van der Waals surface area contributed by atoms with Crippen LogP contribution in [0.2, 0.25) is 0 Å². The summed E-state index contributed by atoms with van der Waals surface area (Å²) in [5.74, 6) is 2.20. The summed E-state index contributed by atoms with van der Waals surface area (Å²) < 4.78 is 0. The Labute approximate surface area is 73.2 Å². The lowest BCUT2D eigenvalue weighted by Crippen LogP contribution is -2.03. The maximum absolute atomic E-state index is 4.37. The fourth-order valence-electron chi connectivity index (χ4n) is 0.987. The summed E-state index contributed by atoms with van der Waals surface area (Å²) in [5.41, 5.74) is 1.09. The van der Waals surface area contributed by atoms with Gasteiger partial charge in [0.25, 0.3) is 0 Å². The number of hydrogen-bond donors (Lipinski definition) is 1. The lowest BCUT2D eigenvalue weighted by molar-refractivity contribution is 0.773. The third kappa shape index (κ3) is 1.72. The van der Waals surface area contributed by atoms with Gasteiger partial charge in [-0.05, 0) is 6.92 Å². The maximum Gasteiger partial charge on any atom is 0.133 e. The third-order valence-corrected chi connectivity index (χ3v) is 1.74. The molecule has 0 aromatic carbocycles. The normalized spacial score (nSPS) is 10.4. The van der Waals surface area contributed by atoms with Gasteiger partial charge in [0.1, 0.15) is 11.6 Å². The van der Waals surface area contributed by atoms with Gasteiger partial charge in [-0.1, -0.05) is 13.8 Å². The topological polar surface area (TPSA) is 37.8 Å². The fraction of sp³-hybridized carbons (Fsp3) is 0.556. The molecular weight excluding hydrogens is 150 g/mol. The molecule has 0 saturated heterocycles. The molecule has 0 aliphatic rings. The molecule has 0 amide bonds. The van der Waals surface area contributed by atoms with Crippen LogP contribution in [0, 0.1) is 6.92 Å². The monoisotopic (exact) mass is 165 g/mol. The Balaban J connectivity index is 3.05. The van der Waals surface area contributed by atoms with Crippen LogP contribution in [0.5, 0.6) is 0 Å². The Morgan fingerprint density at radius 2 is 2.08 bits per heavy atom. The molecule has 1 aromatic rings. The standard InChI is InChI=1S/C9H15N3/c1-6(2)8-11-5-7(3)9(10-4)12-8/h5-6H,1-4H3,(H,10,11,12). The van der Waals surface area contributed by atoms with Crippen molar-refractivity contribution in [1.82, 2.24) is 9.97 Å². The van der Waals surface area contributed by atoms with E-state index in [1.54, 1.807) is 0 Å². The smallest absolute Gasteiger partial charge is 0.133 e. The van der Waals surface area contributed by atoms with Crippen molar-refractivity contribution in [2.45, 2.75) is 26.7 Å². The Morgan fingerprint density at radius 1 is 1.42 bits per heavy atom. The van der Waals surface area contributed by atoms with Crippen LogP contribution < -0.4 is 5.32 Å². The lowest BCUT2D eigenvalue weighted by atomic mass is 10.2. The Kier molecular flexibility index (Phi) is 2.63. The summed E-state index contributed by atoms with van der Waals surface area (Å²) in [5, 5.41) is 3.04. The van der Waals surface area contributed by atoms with E-state index >= 15 is 0 Å². The van der Waals surface area contributed by atoms with Crippen molar-refractivity contribution in [2.75, 3.05) is 12.4 Å². The van der Waals surface area contributed by atoms with Crippen LogP contribution in [0.1, 0.15) is 31.2 Å². The molecule has 1 aromatic heterocycles. The Bertz CT molecular complexity index is 268. The average Bonchev–Trinajstić information content (AvgIpc) is 2.05. The minimum Gasteiger partial charge on any atom is -0.373 e. The molecule has 0 saturated carbocycles. The van der Waals surface area contributed by atoms with Crippen LogP contribution in [0.3, 0.4) is 0 Å². The van der Waals surface area contributed by atoms with Crippen LogP contribution in [0.15, 0.2) is 6.20 Å². The largest absolute Gasteiger partial charge is 0.373 e. The molecule has 0 aliphatic heterocycles. The predicted octanol–water partition coefficient (Wildman–Crippen LogP) is 1.95. The molecule has 3 nitrogen and oxygen atoms in total. The van der Waals surface area contributed by atoms with Crippen molar-refractivity contribution in [2.24, 2.45) is 0 Å². The van der Waals surface area contributed by atoms with Crippen molar-refractivity contribution in [3.05, 3.63) is 17.6 Å². The van der Waals surface area contributed by atoms with Gasteiger partial charge in [-0.2, -0.15) is 0 Å². The quantitative estimate of drug-likeness (QED) is 0.727. The molecule has 0 radical (unpaired) electrons. The van der Waals surface area contributed by atoms with Gasteiger partial charge in [-0.15, -0.1) is 0 Å². The molecule has 1 heterocycles. The van der Waals surface area contributed by atoms with E-state index < -0.39 is 0 Å². The molecule has 1 rings (SSSR count). The minimum atomic E-state index is 0.387. The summed E-state index contributed by atoms with van der Waals surface area (Å²) >= 11 is 0. The zero-order chi connectivity index (χ0) is 9.14. The molecule has 1 N–H and O–H groups in total. The second kappa shape index (κ2) is 3.52. The second-order valence-corrected chi connectivity index (χ2v) is 3.16. The molecule has 0 spiro atoms. The first-order valence-electron chi connectivity index (χ1n) is 4.16. The van der Waals surface area contributed by atoms with E-state index in [4.69, 9.17) is 0 Å². The van der Waals surface area contributed by atoms with Crippen molar-refractivity contribution in [3.63, 3.8) is 0 Å². The van der Waals surface area contributed by atoms with Crippen molar-refractivity contribution >= 4 is 5.82 Å². The molecule has 12 heavy (non-hydrogen) atoms. The summed E-state index contributed by atoms with van der Waals surface area (Å²) in [6.45, 7) is 6.17. The van der Waals surface area contributed by atoms with Crippen LogP contribution in [0.25, 0.3) is 0 Å². The van der Waals surface area contributed by atoms with Crippen molar-refractivity contribution in [3.8, 4) is 0 Å². The molecule has 3 heteroatoms. The molecule has 0 unspecified atom stereocenters. The van der Waals surface area contributed by atoms with Crippen LogP contribution in [0.4, 0.5) is 5.82 Å². The van der Waals surface area contributed by atoms with Gasteiger partial charge in [0.05, 0.1) is 0 Å². The number of aryl methyl sites for hydroxylation is 1. The fourth-order valence-corrected chi connectivity index (χ4v) is 0.987. The molecule has 0 aliphatic carbocycles. The van der Waals surface area contributed by atoms with Crippen LogP contribution in [-0.2, 0) is 0 Å². The van der Waals surface area contributed by atoms with Gasteiger partial charge in [-0.3, -0.25) is 0 Å². The van der Waals surface area contributed by atoms with E-state index in [-0.39, 0.29) is 0 Å². The van der Waals surface area contributed by atoms with Gasteiger partial charge >= 0.3 is 0 Å². The highest BCUT2D eigenvalue weighted by molar-refractivity contribution is 5.41. The first kappa shape index (κ1) is 8.97. The number of aromatic nitrogens is 2. The van der Waals surface area contributed by atoms with Gasteiger partial charge < -0.3 is 5.32 Å². The van der Waals surface area contributed by atoms with Gasteiger partial charge in [0.15, 0.2) is 0 Å². The van der Waals surface area contributed by atoms with Crippen LogP contribution >= 0.6 is 0 Å². The van der Waals surface area contributed by atoms with Gasteiger partial charge in [-0.25, -0.2) is 9.97 Å². The SMILES string of the molecule is CNc1nc(C(C)C)ncc1C. The van der Waals surface area contributed by atoms with E-state index in [2.05, 4.69) is 29.1 Å². The predicted molar refractivity (Wildman–Crippen MR) is 50.4 cm³/mol. The van der Waals surface area contributed by atoms with Crippen molar-refractivity contribution in [1.29, 1.82) is 0 Å². The molecule has 0 atom stereocenters. The average molecular weight is 165 g/mol. The van der Waals surface area contributed by atoms with E-state index in [0.29, 0.717) is 5.92 Å². The van der Waals surface area contributed by atoms with E-state index in [1.165, 1.54) is 0 Å². The number of hydrogen-bond acceptors (Lipinski definition) is 3. The first-order valence-corrected chi connectivity index (χ1v) is 4.16. The van der Waals surface area contributed by atoms with E-state index in [1.807, 2.05) is 20.2 Å². The second-order valence-electron chi connectivity index (χ2n) is 3.16. The van der Waals surface area contributed by atoms with Gasteiger partial charge in [0, 0.05) is 24.7 Å². The summed E-state index contributed by atoms with van der Waals surface area (Å²) in [7, 11) is 1.87. The third-order valence-electron chi connectivity index (χ3n) is 1.74. The van der Waals surface area contributed by atoms with E-state index in [9.17, 15) is 0 Å². The highest BCUT2D eigenvalue weighted by Crippen LogP contribution is 2.14. The Hall–Kier alpha value is -1.12. The first-order chi connectivity index (χ1) is 5.65. The van der Waals surface area contributed by atoms with Crippen molar-refractivity contribution < 1.29 is 0 Å². The molecular formula is C9H15N3. The zero-order valence-corrected chi connectivity index (χ0v) is 8.05. The summed E-state index contributed by atoms with van der Waals surface area (Å²) in [6.07, 6.45) is 1.86. The molecule has 0 fully saturated rings. The number of nitrogens with zero attached hydrogens (tertiary/aromatic N) is 2. The number of rotatable bonds is 2. The van der Waals surface area contributed by atoms with E-state index in [0.717, 1.165) is 17.2 Å². The van der Waals surface area contributed by atoms with Crippen LogP contribution in [-0.4, -0.2) is 17.0 Å². The summed E-state index contributed by atoms with van der Waals surface area (Å²) in [4.78, 5) is 8.60.